The summed E-state index contributed by atoms with van der Waals surface area (Å²) in [5.74, 6) is -0.0502. The van der Waals surface area contributed by atoms with Gasteiger partial charge in [0.25, 0.3) is 10.0 Å². The van der Waals surface area contributed by atoms with Gasteiger partial charge in [-0.25, -0.2) is 8.42 Å². The van der Waals surface area contributed by atoms with Crippen molar-refractivity contribution in [2.24, 2.45) is 0 Å². The lowest BCUT2D eigenvalue weighted by atomic mass is 10.1. The van der Waals surface area contributed by atoms with E-state index in [1.807, 2.05) is 38.1 Å². The first-order valence-electron chi connectivity index (χ1n) is 14.0. The van der Waals surface area contributed by atoms with Crippen LogP contribution < -0.4 is 14.4 Å². The summed E-state index contributed by atoms with van der Waals surface area (Å²) >= 11 is 0. The molecule has 0 aliphatic heterocycles. The van der Waals surface area contributed by atoms with E-state index in [2.05, 4.69) is 5.32 Å². The zero-order valence-electron chi connectivity index (χ0n) is 24.2. The Morgan fingerprint density at radius 2 is 1.63 bits per heavy atom. The number of hydrogen-bond donors (Lipinski definition) is 1. The Kier molecular flexibility index (Phi) is 9.70. The van der Waals surface area contributed by atoms with Crippen LogP contribution in [-0.2, 0) is 26.2 Å². The van der Waals surface area contributed by atoms with E-state index in [4.69, 9.17) is 4.74 Å². The minimum atomic E-state index is -4.10. The van der Waals surface area contributed by atoms with E-state index >= 15 is 0 Å². The van der Waals surface area contributed by atoms with E-state index in [1.54, 1.807) is 50.4 Å². The van der Waals surface area contributed by atoms with Gasteiger partial charge in [-0.15, -0.1) is 0 Å². The Labute approximate surface area is 243 Å². The molecule has 4 rings (SSSR count). The van der Waals surface area contributed by atoms with Crippen LogP contribution in [0, 0.1) is 13.8 Å². The van der Waals surface area contributed by atoms with Crippen LogP contribution in [0.1, 0.15) is 49.3 Å². The number of nitrogens with zero attached hydrogens (tertiary/aromatic N) is 2. The average molecular weight is 578 g/mol. The lowest BCUT2D eigenvalue weighted by molar-refractivity contribution is -0.139. The molecule has 0 bridgehead atoms. The van der Waals surface area contributed by atoms with Crippen LogP contribution in [0.25, 0.3) is 0 Å². The molecule has 0 heterocycles. The van der Waals surface area contributed by atoms with Crippen molar-refractivity contribution in [2.45, 2.75) is 70.0 Å². The van der Waals surface area contributed by atoms with Crippen molar-refractivity contribution in [1.82, 2.24) is 10.2 Å². The van der Waals surface area contributed by atoms with Gasteiger partial charge >= 0.3 is 0 Å². The fourth-order valence-corrected chi connectivity index (χ4v) is 6.72. The Hall–Kier alpha value is -3.85. The first-order chi connectivity index (χ1) is 19.6. The van der Waals surface area contributed by atoms with E-state index < -0.39 is 28.5 Å². The molecule has 1 fully saturated rings. The van der Waals surface area contributed by atoms with Crippen LogP contribution in [0.2, 0.25) is 0 Å². The lowest BCUT2D eigenvalue weighted by Crippen LogP contribution is -2.52. The molecule has 3 aromatic rings. The van der Waals surface area contributed by atoms with Crippen molar-refractivity contribution in [3.8, 4) is 5.75 Å². The summed E-state index contributed by atoms with van der Waals surface area (Å²) in [5, 5.41) is 3.09. The molecule has 2 amide bonds. The van der Waals surface area contributed by atoms with Gasteiger partial charge in [0.1, 0.15) is 18.3 Å². The molecule has 1 saturated carbocycles. The number of amides is 2. The zero-order chi connectivity index (χ0) is 29.6. The van der Waals surface area contributed by atoms with Crippen LogP contribution in [-0.4, -0.2) is 50.9 Å². The molecule has 0 spiro atoms. The number of anilines is 1. The average Bonchev–Trinajstić information content (AvgIpc) is 3.48. The molecule has 0 saturated heterocycles. The number of sulfonamides is 1. The lowest BCUT2D eigenvalue weighted by Gasteiger charge is -2.33. The predicted octanol–water partition coefficient (Wildman–Crippen LogP) is 4.98. The number of nitrogens with one attached hydrogen (secondary N) is 1. The first-order valence-corrected chi connectivity index (χ1v) is 15.4. The third-order valence-corrected chi connectivity index (χ3v) is 9.39. The highest BCUT2D eigenvalue weighted by Crippen LogP contribution is 2.28. The van der Waals surface area contributed by atoms with Gasteiger partial charge in [-0.05, 0) is 75.1 Å². The molecular formula is C32H39N3O5S. The summed E-state index contributed by atoms with van der Waals surface area (Å²) in [6.45, 7) is 5.12. The molecule has 1 atom stereocenters. The van der Waals surface area contributed by atoms with Gasteiger partial charge < -0.3 is 15.0 Å². The second-order valence-electron chi connectivity index (χ2n) is 10.7. The molecule has 1 aliphatic carbocycles. The second-order valence-corrected chi connectivity index (χ2v) is 12.5. The van der Waals surface area contributed by atoms with Crippen LogP contribution in [0.15, 0.2) is 77.7 Å². The van der Waals surface area contributed by atoms with Gasteiger partial charge in [0, 0.05) is 12.6 Å². The van der Waals surface area contributed by atoms with E-state index in [0.717, 1.165) is 46.7 Å². The first kappa shape index (κ1) is 30.1. The van der Waals surface area contributed by atoms with Crippen molar-refractivity contribution >= 4 is 27.5 Å². The number of rotatable bonds is 11. The number of carbonyl (C=O) groups excluding carboxylic acids is 2. The summed E-state index contributed by atoms with van der Waals surface area (Å²) < 4.78 is 34.3. The highest BCUT2D eigenvalue weighted by atomic mass is 32.2. The topological polar surface area (TPSA) is 96.0 Å². The van der Waals surface area contributed by atoms with Crippen LogP contribution >= 0.6 is 0 Å². The highest BCUT2D eigenvalue weighted by Gasteiger charge is 2.33. The molecule has 3 aromatic carbocycles. The van der Waals surface area contributed by atoms with Gasteiger partial charge in [0.05, 0.1) is 17.7 Å². The van der Waals surface area contributed by atoms with Crippen LogP contribution in [0.4, 0.5) is 5.69 Å². The van der Waals surface area contributed by atoms with E-state index in [-0.39, 0.29) is 23.4 Å². The van der Waals surface area contributed by atoms with Crippen molar-refractivity contribution in [2.75, 3.05) is 18.0 Å². The zero-order valence-corrected chi connectivity index (χ0v) is 25.0. The summed E-state index contributed by atoms with van der Waals surface area (Å²) in [6, 6.07) is 20.1. The standard InChI is InChI=1S/C32H39N3O5S/c1-23-14-19-30(24(2)20-23)35(41(38,39)29-12-6-5-7-13-29)22-31(36)34(21-26-15-17-28(40-4)18-16-26)25(3)32(37)33-27-10-8-9-11-27/h5-7,12-20,25,27H,8-11,21-22H2,1-4H3,(H,33,37)/t25-/m0/s1. The maximum atomic E-state index is 14.1. The largest absolute Gasteiger partial charge is 0.497 e. The summed E-state index contributed by atoms with van der Waals surface area (Å²) in [7, 11) is -2.52. The van der Waals surface area contributed by atoms with E-state index in [9.17, 15) is 18.0 Å². The van der Waals surface area contributed by atoms with Gasteiger partial charge in [0.15, 0.2) is 0 Å². The minimum Gasteiger partial charge on any atom is -0.497 e. The summed E-state index contributed by atoms with van der Waals surface area (Å²) in [4.78, 5) is 29.0. The van der Waals surface area contributed by atoms with Gasteiger partial charge in [-0.3, -0.25) is 13.9 Å². The number of methoxy groups -OCH3 is 1. The fourth-order valence-electron chi connectivity index (χ4n) is 5.22. The summed E-state index contributed by atoms with van der Waals surface area (Å²) in [5.41, 5.74) is 2.92. The molecule has 0 aromatic heterocycles. The number of hydrogen-bond acceptors (Lipinski definition) is 5. The summed E-state index contributed by atoms with van der Waals surface area (Å²) in [6.07, 6.45) is 3.97. The quantitative estimate of drug-likeness (QED) is 0.347. The van der Waals surface area contributed by atoms with Crippen molar-refractivity contribution in [3.05, 3.63) is 89.5 Å². The Morgan fingerprint density at radius 1 is 0.976 bits per heavy atom. The Bertz CT molecular complexity index is 1450. The van der Waals surface area contributed by atoms with Gasteiger partial charge in [-0.1, -0.05) is 60.9 Å². The molecule has 1 N–H and O–H groups in total. The number of carbonyl (C=O) groups is 2. The number of ether oxygens (including phenoxy) is 1. The molecule has 8 nitrogen and oxygen atoms in total. The molecular weight excluding hydrogens is 538 g/mol. The molecule has 9 heteroatoms. The van der Waals surface area contributed by atoms with Crippen LogP contribution in [0.5, 0.6) is 5.75 Å². The number of benzene rings is 3. The maximum Gasteiger partial charge on any atom is 0.264 e. The molecule has 41 heavy (non-hydrogen) atoms. The van der Waals surface area contributed by atoms with Gasteiger partial charge in [0.2, 0.25) is 11.8 Å². The normalized spacial score (nSPS) is 14.3. The van der Waals surface area contributed by atoms with Crippen molar-refractivity contribution < 1.29 is 22.7 Å². The molecule has 218 valence electrons. The molecule has 0 unspecified atom stereocenters. The molecule has 0 radical (unpaired) electrons. The van der Waals surface area contributed by atoms with E-state index in [1.165, 1.54) is 17.0 Å². The minimum absolute atomic E-state index is 0.0847. The van der Waals surface area contributed by atoms with Crippen molar-refractivity contribution in [3.63, 3.8) is 0 Å². The van der Waals surface area contributed by atoms with Gasteiger partial charge in [-0.2, -0.15) is 0 Å². The van der Waals surface area contributed by atoms with Crippen LogP contribution in [0.3, 0.4) is 0 Å². The fraction of sp³-hybridized carbons (Fsp3) is 0.375. The third kappa shape index (κ3) is 7.27. The molecule has 1 aliphatic rings. The maximum absolute atomic E-state index is 14.1. The Morgan fingerprint density at radius 3 is 2.24 bits per heavy atom. The Balaban J connectivity index is 1.69. The van der Waals surface area contributed by atoms with Crippen molar-refractivity contribution in [1.29, 1.82) is 0 Å². The monoisotopic (exact) mass is 577 g/mol. The SMILES string of the molecule is COc1ccc(CN(C(=O)CN(c2ccc(C)cc2C)S(=O)(=O)c2ccccc2)[C@@H](C)C(=O)NC2CCCC2)cc1. The second kappa shape index (κ2) is 13.2. The predicted molar refractivity (Wildman–Crippen MR) is 160 cm³/mol. The van der Waals surface area contributed by atoms with E-state index in [0.29, 0.717) is 11.4 Å². The smallest absolute Gasteiger partial charge is 0.264 e. The third-order valence-electron chi connectivity index (χ3n) is 7.61. The highest BCUT2D eigenvalue weighted by molar-refractivity contribution is 7.92. The number of aryl methyl sites for hydroxylation is 2.